The van der Waals surface area contributed by atoms with Crippen molar-refractivity contribution in [1.29, 1.82) is 0 Å². The predicted molar refractivity (Wildman–Crippen MR) is 233 cm³/mol. The van der Waals surface area contributed by atoms with Crippen LogP contribution < -0.4 is 0 Å². The average Bonchev–Trinajstić information content (AvgIpc) is 3.96. The van der Waals surface area contributed by atoms with Crippen molar-refractivity contribution in [3.05, 3.63) is 120 Å². The van der Waals surface area contributed by atoms with Crippen LogP contribution in [-0.2, 0) is 52.4 Å². The SMILES string of the molecule is CCCn1c(CN(CCCN(Cc2nc3ccccc3n2CCC)Cc2nc3ccccc3n2CCC)Cc2nc3ccccc3n2CCC)nc2ccccc21. The summed E-state index contributed by atoms with van der Waals surface area (Å²) in [4.78, 5) is 26.1. The molecule has 10 nitrogen and oxygen atoms in total. The van der Waals surface area contributed by atoms with Crippen LogP contribution in [-0.4, -0.2) is 61.1 Å². The highest BCUT2D eigenvalue weighted by molar-refractivity contribution is 5.78. The molecule has 0 aliphatic carbocycles. The van der Waals surface area contributed by atoms with E-state index in [1.165, 1.54) is 22.1 Å². The third kappa shape index (κ3) is 8.25. The van der Waals surface area contributed by atoms with Crippen LogP contribution in [0.1, 0.15) is 83.1 Å². The van der Waals surface area contributed by atoms with E-state index in [1.54, 1.807) is 0 Å². The number of imidazole rings is 4. The Kier molecular flexibility index (Phi) is 12.1. The van der Waals surface area contributed by atoms with E-state index in [0.29, 0.717) is 0 Å². The number of hydrogen-bond donors (Lipinski definition) is 0. The highest BCUT2D eigenvalue weighted by Crippen LogP contribution is 2.24. The van der Waals surface area contributed by atoms with Crippen LogP contribution in [0.15, 0.2) is 97.1 Å². The van der Waals surface area contributed by atoms with Crippen LogP contribution in [0.5, 0.6) is 0 Å². The van der Waals surface area contributed by atoms with Crippen LogP contribution >= 0.6 is 0 Å². The van der Waals surface area contributed by atoms with Gasteiger partial charge in [-0.05, 0) is 80.6 Å². The molecule has 0 atom stereocenters. The molecule has 0 spiro atoms. The van der Waals surface area contributed by atoms with Gasteiger partial charge in [0, 0.05) is 39.3 Å². The summed E-state index contributed by atoms with van der Waals surface area (Å²) < 4.78 is 9.72. The highest BCUT2D eigenvalue weighted by atomic mass is 15.2. The first-order valence-corrected chi connectivity index (χ1v) is 21.3. The standard InChI is InChI=1S/C47H58N10/c1-5-26-54-40-22-13-9-18-36(40)48-44(54)32-52(33-45-49-37-19-10-14-23-41(37)55(45)27-6-2)30-17-31-53(34-46-50-38-20-11-15-24-42(38)56(46)28-7-3)35-47-51-39-21-12-16-25-43(39)57(47)29-8-4/h9-16,18-25H,5-8,17,26-35H2,1-4H3. The molecule has 0 radical (unpaired) electrons. The molecule has 0 amide bonds. The largest absolute Gasteiger partial charge is 0.327 e. The second-order valence-corrected chi connectivity index (χ2v) is 15.4. The van der Waals surface area contributed by atoms with Gasteiger partial charge >= 0.3 is 0 Å². The van der Waals surface area contributed by atoms with Gasteiger partial charge in [-0.25, -0.2) is 19.9 Å². The molecular weight excluding hydrogens is 705 g/mol. The zero-order valence-corrected chi connectivity index (χ0v) is 34.3. The van der Waals surface area contributed by atoms with Crippen LogP contribution in [0.3, 0.4) is 0 Å². The van der Waals surface area contributed by atoms with Crippen LogP contribution in [0, 0.1) is 0 Å². The third-order valence-corrected chi connectivity index (χ3v) is 11.1. The monoisotopic (exact) mass is 762 g/mol. The molecule has 8 rings (SSSR count). The van der Waals surface area contributed by atoms with Gasteiger partial charge in [0.15, 0.2) is 0 Å². The second-order valence-electron chi connectivity index (χ2n) is 15.4. The molecule has 0 aliphatic rings. The van der Waals surface area contributed by atoms with Crippen LogP contribution in [0.2, 0.25) is 0 Å². The van der Waals surface area contributed by atoms with Gasteiger partial charge in [-0.15, -0.1) is 0 Å². The van der Waals surface area contributed by atoms with Gasteiger partial charge in [-0.2, -0.15) is 0 Å². The molecule has 0 unspecified atom stereocenters. The molecule has 0 bridgehead atoms. The molecule has 4 aromatic carbocycles. The van der Waals surface area contributed by atoms with Gasteiger partial charge in [-0.3, -0.25) is 9.80 Å². The molecule has 0 fully saturated rings. The number of nitrogens with zero attached hydrogens (tertiary/aromatic N) is 10. The first kappa shape index (κ1) is 38.5. The molecule has 4 heterocycles. The van der Waals surface area contributed by atoms with Crippen molar-refractivity contribution in [3.63, 3.8) is 0 Å². The second kappa shape index (κ2) is 17.9. The molecular formula is C47H58N10. The maximum Gasteiger partial charge on any atom is 0.124 e. The summed E-state index contributed by atoms with van der Waals surface area (Å²) in [6.45, 7) is 17.6. The topological polar surface area (TPSA) is 77.8 Å². The lowest BCUT2D eigenvalue weighted by atomic mass is 10.3. The van der Waals surface area contributed by atoms with E-state index in [4.69, 9.17) is 19.9 Å². The summed E-state index contributed by atoms with van der Waals surface area (Å²) in [6, 6.07) is 34.3. The van der Waals surface area contributed by atoms with Crippen LogP contribution in [0.25, 0.3) is 44.1 Å². The lowest BCUT2D eigenvalue weighted by Crippen LogP contribution is -2.32. The van der Waals surface area contributed by atoms with E-state index in [9.17, 15) is 0 Å². The highest BCUT2D eigenvalue weighted by Gasteiger charge is 2.21. The fourth-order valence-corrected chi connectivity index (χ4v) is 8.62. The number of aryl methyl sites for hydroxylation is 4. The minimum absolute atomic E-state index is 0.753. The Morgan fingerprint density at radius 1 is 0.368 bits per heavy atom. The summed E-state index contributed by atoms with van der Waals surface area (Å²) in [5.74, 6) is 4.48. The quantitative estimate of drug-likeness (QED) is 0.0770. The minimum Gasteiger partial charge on any atom is -0.327 e. The Hall–Kier alpha value is -5.32. The van der Waals surface area contributed by atoms with Crippen molar-refractivity contribution in [3.8, 4) is 0 Å². The Bertz CT molecular complexity index is 2200. The van der Waals surface area contributed by atoms with Crippen molar-refractivity contribution >= 4 is 44.1 Å². The van der Waals surface area contributed by atoms with E-state index in [2.05, 4.69) is 153 Å². The molecule has 0 saturated heterocycles. The maximum atomic E-state index is 5.23. The van der Waals surface area contributed by atoms with E-state index in [1.807, 2.05) is 0 Å². The van der Waals surface area contributed by atoms with Gasteiger partial charge < -0.3 is 18.3 Å². The number of benzene rings is 4. The summed E-state index contributed by atoms with van der Waals surface area (Å²) in [7, 11) is 0. The molecule has 8 aromatic rings. The van der Waals surface area contributed by atoms with Gasteiger partial charge in [0.1, 0.15) is 23.3 Å². The number of hydrogen-bond acceptors (Lipinski definition) is 6. The number of rotatable bonds is 20. The van der Waals surface area contributed by atoms with Gasteiger partial charge in [-0.1, -0.05) is 76.2 Å². The Morgan fingerprint density at radius 3 is 0.860 bits per heavy atom. The van der Waals surface area contributed by atoms with Gasteiger partial charge in [0.25, 0.3) is 0 Å². The smallest absolute Gasteiger partial charge is 0.124 e. The summed E-state index contributed by atoms with van der Waals surface area (Å²) in [6.07, 6.45) is 5.20. The molecule has 57 heavy (non-hydrogen) atoms. The maximum absolute atomic E-state index is 5.23. The zero-order chi connectivity index (χ0) is 39.1. The molecule has 0 aliphatic heterocycles. The summed E-state index contributed by atoms with van der Waals surface area (Å²) in [5, 5.41) is 0. The predicted octanol–water partition coefficient (Wildman–Crippen LogP) is 9.82. The van der Waals surface area contributed by atoms with E-state index in [-0.39, 0.29) is 0 Å². The Morgan fingerprint density at radius 2 is 0.614 bits per heavy atom. The molecule has 296 valence electrons. The fourth-order valence-electron chi connectivity index (χ4n) is 8.62. The van der Waals surface area contributed by atoms with Gasteiger partial charge in [0.05, 0.1) is 70.3 Å². The molecule has 0 saturated carbocycles. The first-order chi connectivity index (χ1) is 28.1. The minimum atomic E-state index is 0.753. The third-order valence-electron chi connectivity index (χ3n) is 11.1. The van der Waals surface area contributed by atoms with E-state index < -0.39 is 0 Å². The molecule has 4 aromatic heterocycles. The summed E-state index contributed by atoms with van der Waals surface area (Å²) in [5.41, 5.74) is 9.11. The van der Waals surface area contributed by atoms with E-state index >= 15 is 0 Å². The number of para-hydroxylation sites is 8. The van der Waals surface area contributed by atoms with Crippen molar-refractivity contribution in [2.24, 2.45) is 0 Å². The first-order valence-electron chi connectivity index (χ1n) is 21.3. The van der Waals surface area contributed by atoms with Crippen molar-refractivity contribution < 1.29 is 0 Å². The Labute approximate surface area is 336 Å². The molecule has 0 N–H and O–H groups in total. The van der Waals surface area contributed by atoms with Crippen molar-refractivity contribution in [2.45, 2.75) is 112 Å². The average molecular weight is 763 g/mol. The molecule has 10 heteroatoms. The van der Waals surface area contributed by atoms with Crippen molar-refractivity contribution in [2.75, 3.05) is 13.1 Å². The lowest BCUT2D eigenvalue weighted by molar-refractivity contribution is 0.192. The van der Waals surface area contributed by atoms with E-state index in [0.717, 1.165) is 143 Å². The Balaban J connectivity index is 1.12. The van der Waals surface area contributed by atoms with Gasteiger partial charge in [0.2, 0.25) is 0 Å². The van der Waals surface area contributed by atoms with Crippen LogP contribution in [0.4, 0.5) is 0 Å². The normalized spacial score (nSPS) is 12.2. The zero-order valence-electron chi connectivity index (χ0n) is 34.3. The number of aromatic nitrogens is 8. The number of fused-ring (bicyclic) bond motifs is 4. The fraction of sp³-hybridized carbons (Fsp3) is 0.404. The lowest BCUT2D eigenvalue weighted by Gasteiger charge is -2.26. The summed E-state index contributed by atoms with van der Waals surface area (Å²) >= 11 is 0. The van der Waals surface area contributed by atoms with Crippen molar-refractivity contribution in [1.82, 2.24) is 48.0 Å².